The van der Waals surface area contributed by atoms with Crippen LogP contribution in [-0.4, -0.2) is 4.57 Å². The van der Waals surface area contributed by atoms with E-state index in [2.05, 4.69) is 289 Å². The number of nitrogens with zero attached hydrogens (tertiary/aromatic N) is 2. The monoisotopic (exact) mass is 1330 g/mol. The summed E-state index contributed by atoms with van der Waals surface area (Å²) in [5.41, 5.74) is 30.2. The van der Waals surface area contributed by atoms with Crippen LogP contribution in [0, 0.1) is 98.8 Å². The Labute approximate surface area is 615 Å². The van der Waals surface area contributed by atoms with Gasteiger partial charge in [0.2, 0.25) is 0 Å². The van der Waals surface area contributed by atoms with E-state index in [-0.39, 0.29) is 5.41 Å². The van der Waals surface area contributed by atoms with Crippen molar-refractivity contribution in [3.63, 3.8) is 0 Å². The highest BCUT2D eigenvalue weighted by Crippen LogP contribution is 2.52. The number of anilines is 3. The van der Waals surface area contributed by atoms with Crippen molar-refractivity contribution < 1.29 is 0 Å². The number of aromatic nitrogens is 1. The smallest absolute Gasteiger partial charge is 0.0541 e. The van der Waals surface area contributed by atoms with Gasteiger partial charge in [-0.05, 0) is 233 Å². The zero-order valence-corrected chi connectivity index (χ0v) is 57.7. The minimum atomic E-state index is -0.242. The van der Waals surface area contributed by atoms with Gasteiger partial charge >= 0.3 is 0 Å². The van der Waals surface area contributed by atoms with Crippen LogP contribution in [0.3, 0.4) is 0 Å². The van der Waals surface area contributed by atoms with Gasteiger partial charge in [-0.15, -0.1) is 51.4 Å². The number of benzene rings is 14. The van der Waals surface area contributed by atoms with E-state index in [0.717, 1.165) is 117 Å². The molecule has 2 nitrogen and oxygen atoms in total. The second-order valence-corrected chi connectivity index (χ2v) is 26.6. The molecule has 2 heteroatoms. The van der Waals surface area contributed by atoms with E-state index < -0.39 is 0 Å². The van der Waals surface area contributed by atoms with Gasteiger partial charge < -0.3 is 9.47 Å². The number of fused-ring (bicyclic) bond motifs is 6. The molecule has 0 saturated carbocycles. The topological polar surface area (TPSA) is 8.17 Å². The normalized spacial score (nSPS) is 11.5. The first kappa shape index (κ1) is 64.8. The van der Waals surface area contributed by atoms with Crippen molar-refractivity contribution >= 4 is 38.9 Å². The molecule has 0 fully saturated rings. The molecule has 1 aliphatic carbocycles. The van der Waals surface area contributed by atoms with Gasteiger partial charge in [-0.25, -0.2) is 0 Å². The van der Waals surface area contributed by atoms with Crippen molar-refractivity contribution in [2.45, 2.75) is 19.3 Å². The van der Waals surface area contributed by atoms with Crippen LogP contribution in [0.2, 0.25) is 0 Å². The first-order valence-corrected chi connectivity index (χ1v) is 34.5. The van der Waals surface area contributed by atoms with E-state index >= 15 is 0 Å². The van der Waals surface area contributed by atoms with Crippen LogP contribution >= 0.6 is 0 Å². The van der Waals surface area contributed by atoms with Gasteiger partial charge in [-0.3, -0.25) is 0 Å². The molecule has 1 aromatic heterocycles. The summed E-state index contributed by atoms with van der Waals surface area (Å²) in [6.07, 6.45) is 50.0. The number of hydrogen-bond donors (Lipinski definition) is 0. The van der Waals surface area contributed by atoms with Crippen LogP contribution in [0.4, 0.5) is 17.1 Å². The first-order valence-electron chi connectivity index (χ1n) is 34.5. The Morgan fingerprint density at radius 3 is 1.11 bits per heavy atom. The van der Waals surface area contributed by atoms with Crippen molar-refractivity contribution in [2.75, 3.05) is 4.90 Å². The molecule has 484 valence electrons. The summed E-state index contributed by atoms with van der Waals surface area (Å²) in [5, 5.41) is 2.40. The van der Waals surface area contributed by atoms with Gasteiger partial charge in [0.05, 0.1) is 11.0 Å². The molecule has 0 bridgehead atoms. The average molecular weight is 1330 g/mol. The fraction of sp³-hybridized carbons (Fsp3) is 0.0291. The van der Waals surface area contributed by atoms with E-state index in [1.54, 1.807) is 0 Å². The van der Waals surface area contributed by atoms with Gasteiger partial charge in [0.15, 0.2) is 0 Å². The third kappa shape index (κ3) is 11.1. The average Bonchev–Trinajstić information content (AvgIpc) is 1.57. The molecular weight excluding hydrogens is 1270 g/mol. The first-order chi connectivity index (χ1) is 51.5. The molecule has 0 N–H and O–H groups in total. The second kappa shape index (κ2) is 26.7. The molecule has 0 radical (unpaired) electrons. The van der Waals surface area contributed by atoms with E-state index in [1.165, 1.54) is 38.5 Å². The van der Waals surface area contributed by atoms with Crippen LogP contribution in [-0.2, 0) is 5.41 Å². The maximum absolute atomic E-state index is 6.41. The maximum atomic E-state index is 6.41. The molecule has 105 heavy (non-hydrogen) atoms. The number of para-hydroxylation sites is 2. The minimum absolute atomic E-state index is 0.242. The van der Waals surface area contributed by atoms with Crippen LogP contribution in [0.25, 0.3) is 128 Å². The number of hydrogen-bond acceptors (Lipinski definition) is 1. The molecule has 0 saturated heterocycles. The molecule has 0 aliphatic heterocycles. The van der Waals surface area contributed by atoms with Crippen LogP contribution < -0.4 is 4.90 Å². The van der Waals surface area contributed by atoms with E-state index in [4.69, 9.17) is 51.4 Å². The Morgan fingerprint density at radius 1 is 0.248 bits per heavy atom. The van der Waals surface area contributed by atoms with Crippen molar-refractivity contribution in [3.05, 3.63) is 347 Å². The van der Waals surface area contributed by atoms with Crippen LogP contribution in [0.15, 0.2) is 291 Å². The standard InChI is InChI=1S/C103H62N2/c1-11-67-30-26-38-87(83(67)15-5)91-56-48-74(63-96(91)89-40-28-32-69(13-3)85(89)17-7)77-60-76(61-78(62-77)75-49-57-92(88-39-27-31-68(12-2)84(88)16-6)97(64-75)90-41-29-33-70(14-4)86(90)18-8)72-46-53-81(54-47-72)104(82-55-58-94-93-36-22-24-42-99(93)103(9,10)100(94)66-82)80-51-44-71(45-52-80)73-50-59-102-98(65-73)95-37-23-25-43-101(95)105(102)79-34-20-19-21-35-79/h1-8,19-66H,9-10H3. The Balaban J connectivity index is 0.879. The Morgan fingerprint density at radius 2 is 0.619 bits per heavy atom. The molecule has 1 heterocycles. The summed E-state index contributed by atoms with van der Waals surface area (Å²) in [5.74, 6) is 23.0. The zero-order valence-electron chi connectivity index (χ0n) is 57.7. The predicted molar refractivity (Wildman–Crippen MR) is 440 cm³/mol. The molecule has 0 atom stereocenters. The summed E-state index contributed by atoms with van der Waals surface area (Å²) in [6, 6.07) is 102. The molecule has 0 spiro atoms. The molecule has 0 unspecified atom stereocenters. The molecule has 0 amide bonds. The van der Waals surface area contributed by atoms with Gasteiger partial charge in [-0.2, -0.15) is 0 Å². The van der Waals surface area contributed by atoms with E-state index in [1.807, 2.05) is 72.8 Å². The Hall–Kier alpha value is -14.8. The largest absolute Gasteiger partial charge is 0.310 e. The lowest BCUT2D eigenvalue weighted by Gasteiger charge is -2.28. The SMILES string of the molecule is C#Cc1cccc(-c2ccc(-c3cc(-c4ccc(N(c5ccc(-c6ccc7c(c6)c6ccccc6n7-c6ccccc6)cc5)c5ccc6c(c5)C(C)(C)c5ccccc5-6)cc4)cc(-c4ccc(-c5cccc(C#C)c5C#C)c(-c5cccc(C#C)c5C#C)c4)c3)cc2-c2cccc(C#C)c2C#C)c1C#C. The Kier molecular flexibility index (Phi) is 16.5. The lowest BCUT2D eigenvalue weighted by Crippen LogP contribution is -2.16. The summed E-state index contributed by atoms with van der Waals surface area (Å²) in [4.78, 5) is 2.37. The van der Waals surface area contributed by atoms with Gasteiger partial charge in [-0.1, -0.05) is 231 Å². The molecular formula is C103H62N2. The van der Waals surface area contributed by atoms with E-state index in [0.29, 0.717) is 44.5 Å². The van der Waals surface area contributed by atoms with Crippen LogP contribution in [0.5, 0.6) is 0 Å². The predicted octanol–water partition coefficient (Wildman–Crippen LogP) is 23.7. The molecule has 16 rings (SSSR count). The van der Waals surface area contributed by atoms with Crippen molar-refractivity contribution in [2.24, 2.45) is 0 Å². The minimum Gasteiger partial charge on any atom is -0.310 e. The highest BCUT2D eigenvalue weighted by Gasteiger charge is 2.36. The lowest BCUT2D eigenvalue weighted by atomic mass is 9.82. The fourth-order valence-corrected chi connectivity index (χ4v) is 15.6. The number of terminal acetylenes is 8. The summed E-state index contributed by atoms with van der Waals surface area (Å²) >= 11 is 0. The van der Waals surface area contributed by atoms with Crippen LogP contribution in [0.1, 0.15) is 69.5 Å². The quantitative estimate of drug-likeness (QED) is 0.111. The van der Waals surface area contributed by atoms with Crippen molar-refractivity contribution in [3.8, 4) is 205 Å². The van der Waals surface area contributed by atoms with Crippen molar-refractivity contribution in [1.82, 2.24) is 4.57 Å². The fourth-order valence-electron chi connectivity index (χ4n) is 15.6. The summed E-state index contributed by atoms with van der Waals surface area (Å²) < 4.78 is 2.35. The third-order valence-electron chi connectivity index (χ3n) is 20.7. The maximum Gasteiger partial charge on any atom is 0.0541 e. The lowest BCUT2D eigenvalue weighted by molar-refractivity contribution is 0.660. The summed E-state index contributed by atoms with van der Waals surface area (Å²) in [6.45, 7) is 4.66. The molecule has 14 aromatic carbocycles. The second-order valence-electron chi connectivity index (χ2n) is 26.6. The zero-order chi connectivity index (χ0) is 72.0. The van der Waals surface area contributed by atoms with E-state index in [9.17, 15) is 0 Å². The summed E-state index contributed by atoms with van der Waals surface area (Å²) in [7, 11) is 0. The highest BCUT2D eigenvalue weighted by molar-refractivity contribution is 6.11. The van der Waals surface area contributed by atoms with Gasteiger partial charge in [0, 0.05) is 83.4 Å². The Bertz CT molecular complexity index is 6280. The van der Waals surface area contributed by atoms with Gasteiger partial charge in [0.25, 0.3) is 0 Å². The molecule has 15 aromatic rings. The molecule has 1 aliphatic rings. The van der Waals surface area contributed by atoms with Gasteiger partial charge in [0.1, 0.15) is 0 Å². The number of rotatable bonds is 12. The highest BCUT2D eigenvalue weighted by atomic mass is 15.1. The third-order valence-corrected chi connectivity index (χ3v) is 20.7. The van der Waals surface area contributed by atoms with Crippen molar-refractivity contribution in [1.29, 1.82) is 0 Å².